The van der Waals surface area contributed by atoms with Crippen molar-refractivity contribution in [2.24, 2.45) is 0 Å². The summed E-state index contributed by atoms with van der Waals surface area (Å²) in [4.78, 5) is 16.0. The number of thioether (sulfide) groups is 1. The summed E-state index contributed by atoms with van der Waals surface area (Å²) in [6.07, 6.45) is 1.77. The van der Waals surface area contributed by atoms with Crippen molar-refractivity contribution in [1.29, 1.82) is 0 Å². The van der Waals surface area contributed by atoms with Crippen molar-refractivity contribution >= 4 is 28.4 Å². The number of benzene rings is 2. The Hall–Kier alpha value is -2.60. The molecule has 0 saturated heterocycles. The molecule has 0 atom stereocenters. The minimum absolute atomic E-state index is 0.0704. The van der Waals surface area contributed by atoms with Gasteiger partial charge >= 0.3 is 0 Å². The number of non-ortho nitro benzene ring substituents is 1. The number of nitrogens with zero attached hydrogens (tertiary/aromatic N) is 2. The standard InChI is InChI=1S/C17H14N2O3S/c1-22-16-7-6-13(19(20)21)10-12(16)11-23-17-8-9-18-15-5-3-2-4-14(15)17/h2-10H,11H2,1H3. The number of fused-ring (bicyclic) bond motifs is 1. The highest BCUT2D eigenvalue weighted by molar-refractivity contribution is 7.98. The highest BCUT2D eigenvalue weighted by atomic mass is 32.2. The van der Waals surface area contributed by atoms with Crippen LogP contribution in [0.3, 0.4) is 0 Å². The summed E-state index contributed by atoms with van der Waals surface area (Å²) >= 11 is 1.61. The van der Waals surface area contributed by atoms with Crippen LogP contribution in [0.5, 0.6) is 5.75 Å². The molecule has 2 aromatic carbocycles. The first kappa shape index (κ1) is 15.3. The van der Waals surface area contributed by atoms with Crippen molar-refractivity contribution in [3.05, 3.63) is 70.4 Å². The molecule has 0 bridgehead atoms. The summed E-state index contributed by atoms with van der Waals surface area (Å²) < 4.78 is 5.31. The molecule has 0 aliphatic carbocycles. The number of pyridine rings is 1. The predicted octanol–water partition coefficient (Wildman–Crippen LogP) is 4.44. The lowest BCUT2D eigenvalue weighted by Crippen LogP contribution is -1.94. The van der Waals surface area contributed by atoms with Gasteiger partial charge < -0.3 is 4.74 Å². The zero-order valence-electron chi connectivity index (χ0n) is 12.4. The van der Waals surface area contributed by atoms with Crippen molar-refractivity contribution in [3.8, 4) is 5.75 Å². The van der Waals surface area contributed by atoms with Gasteiger partial charge in [-0.25, -0.2) is 0 Å². The van der Waals surface area contributed by atoms with Gasteiger partial charge in [0.25, 0.3) is 5.69 Å². The molecule has 0 unspecified atom stereocenters. The van der Waals surface area contributed by atoms with Crippen LogP contribution in [0, 0.1) is 10.1 Å². The number of nitro benzene ring substituents is 1. The summed E-state index contributed by atoms with van der Waals surface area (Å²) in [5, 5.41) is 12.0. The van der Waals surface area contributed by atoms with Gasteiger partial charge in [0.15, 0.2) is 0 Å². The first-order valence-corrected chi connectivity index (χ1v) is 7.95. The summed E-state index contributed by atoms with van der Waals surface area (Å²) in [7, 11) is 1.57. The second-order valence-electron chi connectivity index (χ2n) is 4.87. The molecule has 0 aliphatic heterocycles. The highest BCUT2D eigenvalue weighted by Crippen LogP contribution is 2.33. The Morgan fingerprint density at radius 1 is 1.22 bits per heavy atom. The third-order valence-corrected chi connectivity index (χ3v) is 4.59. The lowest BCUT2D eigenvalue weighted by atomic mass is 10.2. The number of aromatic nitrogens is 1. The molecule has 1 heterocycles. The Morgan fingerprint density at radius 2 is 2.04 bits per heavy atom. The molecular formula is C17H14N2O3S. The van der Waals surface area contributed by atoms with Crippen LogP contribution in [0.25, 0.3) is 10.9 Å². The minimum atomic E-state index is -0.393. The van der Waals surface area contributed by atoms with Crippen LogP contribution in [0.15, 0.2) is 59.6 Å². The van der Waals surface area contributed by atoms with E-state index in [-0.39, 0.29) is 5.69 Å². The molecule has 6 heteroatoms. The van der Waals surface area contributed by atoms with E-state index in [1.54, 1.807) is 37.2 Å². The molecule has 3 rings (SSSR count). The fourth-order valence-corrected chi connectivity index (χ4v) is 3.36. The number of hydrogen-bond acceptors (Lipinski definition) is 5. The third kappa shape index (κ3) is 3.27. The first-order chi connectivity index (χ1) is 11.2. The number of rotatable bonds is 5. The molecule has 1 aromatic heterocycles. The van der Waals surface area contributed by atoms with Crippen LogP contribution < -0.4 is 4.74 Å². The van der Waals surface area contributed by atoms with Gasteiger partial charge in [-0.1, -0.05) is 18.2 Å². The van der Waals surface area contributed by atoms with E-state index in [1.807, 2.05) is 30.3 Å². The van der Waals surface area contributed by atoms with Gasteiger partial charge in [0.05, 0.1) is 17.5 Å². The minimum Gasteiger partial charge on any atom is -0.496 e. The van der Waals surface area contributed by atoms with Crippen LogP contribution in [0.1, 0.15) is 5.56 Å². The second kappa shape index (κ2) is 6.66. The lowest BCUT2D eigenvalue weighted by Gasteiger charge is -2.09. The summed E-state index contributed by atoms with van der Waals surface area (Å²) in [6.45, 7) is 0. The number of hydrogen-bond donors (Lipinski definition) is 0. The van der Waals surface area contributed by atoms with Crippen LogP contribution in [0.4, 0.5) is 5.69 Å². The summed E-state index contributed by atoms with van der Waals surface area (Å²) in [5.74, 6) is 1.24. The lowest BCUT2D eigenvalue weighted by molar-refractivity contribution is -0.384. The fraction of sp³-hybridized carbons (Fsp3) is 0.118. The van der Waals surface area contributed by atoms with Crippen molar-refractivity contribution < 1.29 is 9.66 Å². The van der Waals surface area contributed by atoms with Crippen LogP contribution in [0.2, 0.25) is 0 Å². The topological polar surface area (TPSA) is 65.3 Å². The van der Waals surface area contributed by atoms with E-state index in [2.05, 4.69) is 4.98 Å². The van der Waals surface area contributed by atoms with Crippen molar-refractivity contribution in [2.45, 2.75) is 10.6 Å². The molecule has 0 saturated carbocycles. The first-order valence-electron chi connectivity index (χ1n) is 6.97. The average Bonchev–Trinajstić information content (AvgIpc) is 2.59. The summed E-state index contributed by atoms with van der Waals surface area (Å²) in [6, 6.07) is 14.5. The molecule has 0 amide bonds. The molecular weight excluding hydrogens is 312 g/mol. The van der Waals surface area contributed by atoms with Crippen molar-refractivity contribution in [1.82, 2.24) is 4.98 Å². The monoisotopic (exact) mass is 326 g/mol. The largest absolute Gasteiger partial charge is 0.496 e. The molecule has 3 aromatic rings. The number of ether oxygens (including phenoxy) is 1. The maximum absolute atomic E-state index is 11.0. The van der Waals surface area contributed by atoms with Crippen LogP contribution in [-0.2, 0) is 5.75 Å². The smallest absolute Gasteiger partial charge is 0.270 e. The fourth-order valence-electron chi connectivity index (χ4n) is 2.34. The zero-order valence-corrected chi connectivity index (χ0v) is 13.2. The van der Waals surface area contributed by atoms with E-state index in [9.17, 15) is 10.1 Å². The molecule has 0 spiro atoms. The predicted molar refractivity (Wildman–Crippen MR) is 91.0 cm³/mol. The maximum Gasteiger partial charge on any atom is 0.270 e. The van der Waals surface area contributed by atoms with Gasteiger partial charge in [0.2, 0.25) is 0 Å². The van der Waals surface area contributed by atoms with Gasteiger partial charge in [-0.2, -0.15) is 0 Å². The zero-order chi connectivity index (χ0) is 16.2. The van der Waals surface area contributed by atoms with Gasteiger partial charge in [-0.05, 0) is 18.2 Å². The molecule has 5 nitrogen and oxygen atoms in total. The van der Waals surface area contributed by atoms with E-state index in [1.165, 1.54) is 6.07 Å². The number of methoxy groups -OCH3 is 1. The Balaban J connectivity index is 1.90. The maximum atomic E-state index is 11.0. The number of para-hydroxylation sites is 1. The van der Waals surface area contributed by atoms with E-state index in [0.29, 0.717) is 11.5 Å². The van der Waals surface area contributed by atoms with Gasteiger partial charge in [-0.15, -0.1) is 11.8 Å². The van der Waals surface area contributed by atoms with Crippen LogP contribution in [-0.4, -0.2) is 17.0 Å². The normalized spacial score (nSPS) is 10.7. The molecule has 116 valence electrons. The molecule has 0 aliphatic rings. The molecule has 0 radical (unpaired) electrons. The van der Waals surface area contributed by atoms with E-state index in [4.69, 9.17) is 4.74 Å². The molecule has 0 fully saturated rings. The van der Waals surface area contributed by atoms with E-state index >= 15 is 0 Å². The Kier molecular flexibility index (Phi) is 4.43. The van der Waals surface area contributed by atoms with E-state index in [0.717, 1.165) is 21.4 Å². The van der Waals surface area contributed by atoms with E-state index < -0.39 is 4.92 Å². The van der Waals surface area contributed by atoms with Crippen molar-refractivity contribution in [2.75, 3.05) is 7.11 Å². The van der Waals surface area contributed by atoms with Gasteiger partial charge in [0, 0.05) is 39.9 Å². The van der Waals surface area contributed by atoms with Crippen molar-refractivity contribution in [3.63, 3.8) is 0 Å². The molecule has 23 heavy (non-hydrogen) atoms. The quantitative estimate of drug-likeness (QED) is 0.394. The highest BCUT2D eigenvalue weighted by Gasteiger charge is 2.12. The second-order valence-corrected chi connectivity index (χ2v) is 5.89. The average molecular weight is 326 g/mol. The Labute approximate surface area is 137 Å². The Morgan fingerprint density at radius 3 is 2.83 bits per heavy atom. The third-order valence-electron chi connectivity index (χ3n) is 3.47. The Bertz CT molecular complexity index is 862. The van der Waals surface area contributed by atoms with Gasteiger partial charge in [0.1, 0.15) is 5.75 Å². The number of nitro groups is 1. The molecule has 0 N–H and O–H groups in total. The van der Waals surface area contributed by atoms with Crippen LogP contribution >= 0.6 is 11.8 Å². The van der Waals surface area contributed by atoms with Gasteiger partial charge in [-0.3, -0.25) is 15.1 Å². The SMILES string of the molecule is COc1ccc([N+](=O)[O-])cc1CSc1ccnc2ccccc12. The summed E-state index contributed by atoms with van der Waals surface area (Å²) in [5.41, 5.74) is 1.80.